The van der Waals surface area contributed by atoms with E-state index in [0.29, 0.717) is 11.5 Å². The van der Waals surface area contributed by atoms with Crippen molar-refractivity contribution in [1.82, 2.24) is 10.2 Å². The van der Waals surface area contributed by atoms with Crippen LogP contribution in [0.4, 0.5) is 0 Å². The van der Waals surface area contributed by atoms with Gasteiger partial charge in [-0.2, -0.15) is 5.26 Å². The molecule has 6 nitrogen and oxygen atoms in total. The molecule has 3 heterocycles. The van der Waals surface area contributed by atoms with Crippen molar-refractivity contribution in [2.45, 2.75) is 12.8 Å². The van der Waals surface area contributed by atoms with Crippen molar-refractivity contribution in [2.24, 2.45) is 5.73 Å². The predicted molar refractivity (Wildman–Crippen MR) is 61.3 cm³/mol. The number of nitrogens with two attached hydrogens (primary N) is 1. The lowest BCUT2D eigenvalue weighted by atomic mass is 9.86. The molecule has 1 aliphatic heterocycles. The van der Waals surface area contributed by atoms with Crippen LogP contribution >= 0.6 is 0 Å². The van der Waals surface area contributed by atoms with Gasteiger partial charge in [0.1, 0.15) is 11.6 Å². The summed E-state index contributed by atoms with van der Waals surface area (Å²) in [6, 6.07) is 3.90. The Kier molecular flexibility index (Phi) is 2.13. The summed E-state index contributed by atoms with van der Waals surface area (Å²) >= 11 is 0. The van der Waals surface area contributed by atoms with Gasteiger partial charge >= 0.3 is 0 Å². The molecule has 0 fully saturated rings. The van der Waals surface area contributed by atoms with Crippen LogP contribution in [0.25, 0.3) is 0 Å². The first kappa shape index (κ1) is 10.5. The molecule has 0 spiro atoms. The Morgan fingerprint density at radius 1 is 1.56 bits per heavy atom. The number of nitriles is 1. The summed E-state index contributed by atoms with van der Waals surface area (Å²) in [7, 11) is 0. The predicted octanol–water partition coefficient (Wildman–Crippen LogP) is 1.53. The summed E-state index contributed by atoms with van der Waals surface area (Å²) in [5, 5.41) is 16.1. The largest absolute Gasteiger partial charge is 0.472 e. The number of ether oxygens (including phenoxy) is 1. The second-order valence-corrected chi connectivity index (χ2v) is 4.05. The number of aryl methyl sites for hydroxylation is 1. The number of fused-ring (bicyclic) bond motifs is 1. The summed E-state index contributed by atoms with van der Waals surface area (Å²) in [5.41, 5.74) is 8.65. The van der Waals surface area contributed by atoms with Gasteiger partial charge in [-0.15, -0.1) is 5.10 Å². The van der Waals surface area contributed by atoms with E-state index < -0.39 is 0 Å². The molecule has 0 saturated heterocycles. The highest BCUT2D eigenvalue weighted by atomic mass is 16.5. The minimum atomic E-state index is -0.295. The minimum Gasteiger partial charge on any atom is -0.472 e. The van der Waals surface area contributed by atoms with Crippen molar-refractivity contribution in [3.8, 4) is 11.9 Å². The Labute approximate surface area is 103 Å². The number of rotatable bonds is 1. The minimum absolute atomic E-state index is 0.0858. The van der Waals surface area contributed by atoms with E-state index in [-0.39, 0.29) is 11.8 Å². The number of hydrogen-bond acceptors (Lipinski definition) is 5. The van der Waals surface area contributed by atoms with Crippen LogP contribution in [-0.2, 0) is 0 Å². The first-order valence-electron chi connectivity index (χ1n) is 5.37. The third kappa shape index (κ3) is 1.31. The quantitative estimate of drug-likeness (QED) is 0.789. The van der Waals surface area contributed by atoms with Gasteiger partial charge in [0.25, 0.3) is 0 Å². The van der Waals surface area contributed by atoms with Crippen molar-refractivity contribution >= 4 is 0 Å². The standard InChI is InChI=1S/C12H10N4O2/c1-6-9-10(7-2-3-17-5-7)8(4-13)11(14)18-12(9)16-15-6/h2-3,5,10H,14H2,1H3,(H,15,16)/t10-/m0/s1. The topological polar surface area (TPSA) is 101 Å². The Bertz CT molecular complexity index is 661. The number of furan rings is 1. The van der Waals surface area contributed by atoms with E-state index in [1.54, 1.807) is 18.6 Å². The molecule has 90 valence electrons. The van der Waals surface area contributed by atoms with Crippen LogP contribution in [0.3, 0.4) is 0 Å². The Morgan fingerprint density at radius 3 is 3.06 bits per heavy atom. The van der Waals surface area contributed by atoms with E-state index in [0.717, 1.165) is 16.8 Å². The van der Waals surface area contributed by atoms with Gasteiger partial charge in [0.05, 0.1) is 18.4 Å². The third-order valence-electron chi connectivity index (χ3n) is 3.01. The number of nitrogens with one attached hydrogen (secondary N) is 1. The van der Waals surface area contributed by atoms with Gasteiger partial charge in [0, 0.05) is 16.8 Å². The van der Waals surface area contributed by atoms with Crippen molar-refractivity contribution < 1.29 is 9.15 Å². The summed E-state index contributed by atoms with van der Waals surface area (Å²) in [6.45, 7) is 1.87. The van der Waals surface area contributed by atoms with Crippen LogP contribution in [0, 0.1) is 18.3 Å². The normalized spacial score (nSPS) is 18.1. The molecule has 0 saturated carbocycles. The fraction of sp³-hybridized carbons (Fsp3) is 0.167. The molecular weight excluding hydrogens is 232 g/mol. The second-order valence-electron chi connectivity index (χ2n) is 4.05. The highest BCUT2D eigenvalue weighted by Gasteiger charge is 2.34. The molecule has 3 N–H and O–H groups in total. The van der Waals surface area contributed by atoms with E-state index in [4.69, 9.17) is 14.9 Å². The van der Waals surface area contributed by atoms with E-state index in [9.17, 15) is 5.26 Å². The molecule has 18 heavy (non-hydrogen) atoms. The van der Waals surface area contributed by atoms with Gasteiger partial charge < -0.3 is 14.9 Å². The maximum Gasteiger partial charge on any atom is 0.244 e. The fourth-order valence-corrected chi connectivity index (χ4v) is 2.17. The van der Waals surface area contributed by atoms with Gasteiger partial charge in [-0.05, 0) is 13.0 Å². The van der Waals surface area contributed by atoms with Crippen molar-refractivity contribution in [3.05, 3.63) is 46.9 Å². The van der Waals surface area contributed by atoms with Crippen molar-refractivity contribution in [2.75, 3.05) is 0 Å². The number of H-pyrrole nitrogens is 1. The molecule has 0 amide bonds. The van der Waals surface area contributed by atoms with Gasteiger partial charge in [-0.25, -0.2) is 0 Å². The molecule has 6 heteroatoms. The second kappa shape index (κ2) is 3.67. The molecule has 3 rings (SSSR count). The summed E-state index contributed by atoms with van der Waals surface area (Å²) in [4.78, 5) is 0. The molecule has 0 aliphatic carbocycles. The Balaban J connectivity index is 2.25. The lowest BCUT2D eigenvalue weighted by Crippen LogP contribution is -2.20. The molecule has 1 atom stereocenters. The molecule has 1 aliphatic rings. The average molecular weight is 242 g/mol. The maximum atomic E-state index is 9.26. The van der Waals surface area contributed by atoms with Crippen LogP contribution in [0.2, 0.25) is 0 Å². The lowest BCUT2D eigenvalue weighted by molar-refractivity contribution is 0.378. The number of allylic oxidation sites excluding steroid dienone is 1. The van der Waals surface area contributed by atoms with Gasteiger partial charge in [-0.1, -0.05) is 0 Å². The molecular formula is C12H10N4O2. The highest BCUT2D eigenvalue weighted by Crippen LogP contribution is 2.42. The zero-order valence-corrected chi connectivity index (χ0v) is 9.60. The van der Waals surface area contributed by atoms with E-state index in [1.807, 2.05) is 6.92 Å². The Hall–Kier alpha value is -2.68. The molecule has 0 radical (unpaired) electrons. The van der Waals surface area contributed by atoms with Crippen LogP contribution in [0.5, 0.6) is 5.88 Å². The highest BCUT2D eigenvalue weighted by molar-refractivity contribution is 5.54. The molecule has 2 aromatic heterocycles. The van der Waals surface area contributed by atoms with Crippen LogP contribution in [-0.4, -0.2) is 10.2 Å². The van der Waals surface area contributed by atoms with Crippen LogP contribution < -0.4 is 10.5 Å². The van der Waals surface area contributed by atoms with Gasteiger partial charge in [0.2, 0.25) is 11.8 Å². The van der Waals surface area contributed by atoms with Crippen LogP contribution in [0.1, 0.15) is 22.7 Å². The maximum absolute atomic E-state index is 9.26. The monoisotopic (exact) mass is 242 g/mol. The smallest absolute Gasteiger partial charge is 0.244 e. The van der Waals surface area contributed by atoms with E-state index in [1.165, 1.54) is 0 Å². The summed E-state index contributed by atoms with van der Waals surface area (Å²) < 4.78 is 10.4. The zero-order valence-electron chi connectivity index (χ0n) is 9.60. The first-order chi connectivity index (χ1) is 8.72. The van der Waals surface area contributed by atoms with Crippen LogP contribution in [0.15, 0.2) is 34.5 Å². The van der Waals surface area contributed by atoms with E-state index in [2.05, 4.69) is 16.3 Å². The van der Waals surface area contributed by atoms with E-state index >= 15 is 0 Å². The average Bonchev–Trinajstić information content (AvgIpc) is 2.98. The molecule has 0 aromatic carbocycles. The number of aromatic amines is 1. The van der Waals surface area contributed by atoms with Gasteiger partial charge in [0.15, 0.2) is 0 Å². The fourth-order valence-electron chi connectivity index (χ4n) is 2.17. The Morgan fingerprint density at radius 2 is 2.39 bits per heavy atom. The first-order valence-corrected chi connectivity index (χ1v) is 5.37. The SMILES string of the molecule is Cc1[nH]nc2c1[C@@H](c1ccoc1)C(C#N)=C(N)O2. The number of aromatic nitrogens is 2. The lowest BCUT2D eigenvalue weighted by Gasteiger charge is -2.22. The van der Waals surface area contributed by atoms with Gasteiger partial charge in [-0.3, -0.25) is 5.10 Å². The molecule has 0 unspecified atom stereocenters. The third-order valence-corrected chi connectivity index (χ3v) is 3.01. The zero-order chi connectivity index (χ0) is 12.7. The summed E-state index contributed by atoms with van der Waals surface area (Å²) in [6.07, 6.45) is 3.15. The number of nitrogens with zero attached hydrogens (tertiary/aromatic N) is 2. The molecule has 0 bridgehead atoms. The summed E-state index contributed by atoms with van der Waals surface area (Å²) in [5.74, 6) is 0.203. The van der Waals surface area contributed by atoms with Crippen molar-refractivity contribution in [1.29, 1.82) is 5.26 Å². The number of hydrogen-bond donors (Lipinski definition) is 2. The molecule has 2 aromatic rings. The van der Waals surface area contributed by atoms with Crippen molar-refractivity contribution in [3.63, 3.8) is 0 Å².